The van der Waals surface area contributed by atoms with Crippen LogP contribution in [0.1, 0.15) is 11.5 Å². The molecule has 6 nitrogen and oxygen atoms in total. The van der Waals surface area contributed by atoms with E-state index in [0.717, 1.165) is 17.1 Å². The fraction of sp³-hybridized carbons (Fsp3) is 0.111. The third-order valence-electron chi connectivity index (χ3n) is 3.55. The zero-order valence-corrected chi connectivity index (χ0v) is 13.0. The highest BCUT2D eigenvalue weighted by Gasteiger charge is 2.15. The largest absolute Gasteiger partial charge is 0.465 e. The zero-order valence-electron chi connectivity index (χ0n) is 13.0. The maximum absolute atomic E-state index is 5.54. The first kappa shape index (κ1) is 14.3. The van der Waals surface area contributed by atoms with Crippen LogP contribution in [0.5, 0.6) is 0 Å². The summed E-state index contributed by atoms with van der Waals surface area (Å²) < 4.78 is 16.5. The van der Waals surface area contributed by atoms with E-state index < -0.39 is 0 Å². The van der Waals surface area contributed by atoms with Crippen molar-refractivity contribution < 1.29 is 13.3 Å². The number of rotatable bonds is 5. The average Bonchev–Trinajstić information content (AvgIpc) is 3.35. The lowest BCUT2D eigenvalue weighted by Crippen LogP contribution is -2.04. The van der Waals surface area contributed by atoms with Crippen molar-refractivity contribution in [2.45, 2.75) is 13.5 Å². The summed E-state index contributed by atoms with van der Waals surface area (Å²) >= 11 is 0. The molecule has 1 N–H and O–H groups in total. The number of hydrogen-bond donors (Lipinski definition) is 1. The number of anilines is 1. The van der Waals surface area contributed by atoms with Crippen LogP contribution in [0, 0.1) is 6.92 Å². The van der Waals surface area contributed by atoms with E-state index >= 15 is 0 Å². The second-order valence-corrected chi connectivity index (χ2v) is 5.28. The van der Waals surface area contributed by atoms with Crippen LogP contribution in [0.4, 0.5) is 5.95 Å². The Morgan fingerprint density at radius 1 is 1.00 bits per heavy atom. The SMILES string of the molecule is Cc1ccc(CNc2ncc(-c3ccco3)c(-c3ccco3)n2)o1. The van der Waals surface area contributed by atoms with Crippen LogP contribution in [0.15, 0.2) is 68.4 Å². The first-order chi connectivity index (χ1) is 11.8. The van der Waals surface area contributed by atoms with Gasteiger partial charge in [0, 0.05) is 6.20 Å². The number of nitrogens with one attached hydrogen (secondary N) is 1. The molecule has 24 heavy (non-hydrogen) atoms. The van der Waals surface area contributed by atoms with Gasteiger partial charge in [-0.3, -0.25) is 0 Å². The molecule has 0 aliphatic rings. The molecule has 0 amide bonds. The Morgan fingerprint density at radius 2 is 1.79 bits per heavy atom. The molecule has 0 saturated heterocycles. The standard InChI is InChI=1S/C18H15N3O3/c1-12-6-7-13(24-12)10-19-18-20-11-14(15-4-2-8-22-15)17(21-18)16-5-3-9-23-16/h2-9,11H,10H2,1H3,(H,19,20,21). The van der Waals surface area contributed by atoms with E-state index in [2.05, 4.69) is 15.3 Å². The zero-order chi connectivity index (χ0) is 16.4. The van der Waals surface area contributed by atoms with Gasteiger partial charge < -0.3 is 18.6 Å². The molecular weight excluding hydrogens is 306 g/mol. The van der Waals surface area contributed by atoms with Gasteiger partial charge in [-0.25, -0.2) is 9.97 Å². The fourth-order valence-electron chi connectivity index (χ4n) is 2.43. The van der Waals surface area contributed by atoms with E-state index in [4.69, 9.17) is 13.3 Å². The maximum atomic E-state index is 5.54. The lowest BCUT2D eigenvalue weighted by molar-refractivity contribution is 0.490. The normalized spacial score (nSPS) is 10.9. The monoisotopic (exact) mass is 321 g/mol. The second-order valence-electron chi connectivity index (χ2n) is 5.28. The molecule has 0 atom stereocenters. The summed E-state index contributed by atoms with van der Waals surface area (Å²) in [7, 11) is 0. The van der Waals surface area contributed by atoms with E-state index in [1.807, 2.05) is 43.3 Å². The minimum atomic E-state index is 0.491. The summed E-state index contributed by atoms with van der Waals surface area (Å²) in [4.78, 5) is 8.94. The van der Waals surface area contributed by atoms with Gasteiger partial charge in [-0.15, -0.1) is 0 Å². The van der Waals surface area contributed by atoms with Gasteiger partial charge in [0.05, 0.1) is 24.6 Å². The van der Waals surface area contributed by atoms with E-state index in [0.29, 0.717) is 29.7 Å². The van der Waals surface area contributed by atoms with Gasteiger partial charge in [-0.05, 0) is 43.3 Å². The molecule has 4 rings (SSSR count). The van der Waals surface area contributed by atoms with E-state index in [-0.39, 0.29) is 0 Å². The minimum Gasteiger partial charge on any atom is -0.465 e. The lowest BCUT2D eigenvalue weighted by atomic mass is 10.1. The summed E-state index contributed by atoms with van der Waals surface area (Å²) in [5.74, 6) is 3.53. The van der Waals surface area contributed by atoms with Crippen molar-refractivity contribution in [2.24, 2.45) is 0 Å². The van der Waals surface area contributed by atoms with Crippen LogP contribution in [0.3, 0.4) is 0 Å². The average molecular weight is 321 g/mol. The molecule has 0 aliphatic heterocycles. The molecule has 4 aromatic heterocycles. The van der Waals surface area contributed by atoms with Crippen molar-refractivity contribution in [2.75, 3.05) is 5.32 Å². The highest BCUT2D eigenvalue weighted by molar-refractivity contribution is 5.75. The molecule has 0 spiro atoms. The van der Waals surface area contributed by atoms with E-state index in [1.165, 1.54) is 0 Å². The van der Waals surface area contributed by atoms with Crippen molar-refractivity contribution in [3.8, 4) is 22.8 Å². The van der Waals surface area contributed by atoms with Crippen molar-refractivity contribution in [3.05, 3.63) is 66.6 Å². The number of nitrogens with zero attached hydrogens (tertiary/aromatic N) is 2. The molecular formula is C18H15N3O3. The third kappa shape index (κ3) is 2.81. The maximum Gasteiger partial charge on any atom is 0.223 e. The fourth-order valence-corrected chi connectivity index (χ4v) is 2.43. The van der Waals surface area contributed by atoms with Crippen LogP contribution >= 0.6 is 0 Å². The highest BCUT2D eigenvalue weighted by Crippen LogP contribution is 2.31. The van der Waals surface area contributed by atoms with Crippen LogP contribution in [-0.4, -0.2) is 9.97 Å². The second kappa shape index (κ2) is 6.08. The van der Waals surface area contributed by atoms with E-state index in [1.54, 1.807) is 18.7 Å². The molecule has 6 heteroatoms. The molecule has 0 unspecified atom stereocenters. The van der Waals surface area contributed by atoms with Crippen molar-refractivity contribution in [3.63, 3.8) is 0 Å². The number of hydrogen-bond acceptors (Lipinski definition) is 6. The van der Waals surface area contributed by atoms with Gasteiger partial charge in [0.2, 0.25) is 5.95 Å². The van der Waals surface area contributed by atoms with Gasteiger partial charge in [-0.2, -0.15) is 0 Å². The molecule has 0 aliphatic carbocycles. The van der Waals surface area contributed by atoms with Crippen LogP contribution in [-0.2, 0) is 6.54 Å². The summed E-state index contributed by atoms with van der Waals surface area (Å²) in [5, 5.41) is 3.16. The van der Waals surface area contributed by atoms with Gasteiger partial charge >= 0.3 is 0 Å². The summed E-state index contributed by atoms with van der Waals surface area (Å²) in [6.07, 6.45) is 4.95. The molecule has 0 saturated carbocycles. The van der Waals surface area contributed by atoms with Crippen LogP contribution in [0.2, 0.25) is 0 Å². The topological polar surface area (TPSA) is 77.2 Å². The minimum absolute atomic E-state index is 0.491. The van der Waals surface area contributed by atoms with Gasteiger partial charge in [0.25, 0.3) is 0 Å². The Kier molecular flexibility index (Phi) is 3.63. The molecule has 0 fully saturated rings. The molecule has 0 aromatic carbocycles. The lowest BCUT2D eigenvalue weighted by Gasteiger charge is -2.08. The Balaban J connectivity index is 1.66. The van der Waals surface area contributed by atoms with Gasteiger partial charge in [-0.1, -0.05) is 0 Å². The predicted molar refractivity (Wildman–Crippen MR) is 88.2 cm³/mol. The third-order valence-corrected chi connectivity index (χ3v) is 3.55. The number of furan rings is 3. The van der Waals surface area contributed by atoms with Crippen molar-refractivity contribution in [1.29, 1.82) is 0 Å². The molecule has 120 valence electrons. The van der Waals surface area contributed by atoms with Crippen molar-refractivity contribution >= 4 is 5.95 Å². The molecule has 4 aromatic rings. The molecule has 0 radical (unpaired) electrons. The van der Waals surface area contributed by atoms with E-state index in [9.17, 15) is 0 Å². The van der Waals surface area contributed by atoms with Crippen LogP contribution < -0.4 is 5.32 Å². The summed E-state index contributed by atoms with van der Waals surface area (Å²) in [6.45, 7) is 2.42. The summed E-state index contributed by atoms with van der Waals surface area (Å²) in [6, 6.07) is 11.2. The predicted octanol–water partition coefficient (Wildman–Crippen LogP) is 4.51. The first-order valence-corrected chi connectivity index (χ1v) is 7.53. The smallest absolute Gasteiger partial charge is 0.223 e. The van der Waals surface area contributed by atoms with Gasteiger partial charge in [0.1, 0.15) is 23.0 Å². The summed E-state index contributed by atoms with van der Waals surface area (Å²) in [5.41, 5.74) is 1.44. The Bertz CT molecular complexity index is 925. The van der Waals surface area contributed by atoms with Crippen molar-refractivity contribution in [1.82, 2.24) is 9.97 Å². The number of aryl methyl sites for hydroxylation is 1. The first-order valence-electron chi connectivity index (χ1n) is 7.53. The number of aromatic nitrogens is 2. The molecule has 0 bridgehead atoms. The quantitative estimate of drug-likeness (QED) is 0.583. The van der Waals surface area contributed by atoms with Crippen LogP contribution in [0.25, 0.3) is 22.8 Å². The Hall–Kier alpha value is -3.28. The Morgan fingerprint density at radius 3 is 2.46 bits per heavy atom. The Labute approximate surface area is 138 Å². The molecule has 4 heterocycles. The highest BCUT2D eigenvalue weighted by atomic mass is 16.3. The van der Waals surface area contributed by atoms with Gasteiger partial charge in [0.15, 0.2) is 5.76 Å².